The first-order valence-electron chi connectivity index (χ1n) is 8.26. The van der Waals surface area contributed by atoms with E-state index in [4.69, 9.17) is 10.00 Å². The second-order valence-corrected chi connectivity index (χ2v) is 6.28. The highest BCUT2D eigenvalue weighted by Gasteiger charge is 2.40. The molecule has 24 heavy (non-hydrogen) atoms. The molecule has 0 unspecified atom stereocenters. The summed E-state index contributed by atoms with van der Waals surface area (Å²) in [6.45, 7) is 0.00448. The minimum absolute atomic E-state index is 0.114. The molecule has 3 rings (SSSR count). The summed E-state index contributed by atoms with van der Waals surface area (Å²) in [4.78, 5) is 26.2. The Bertz CT molecular complexity index is 678. The molecule has 1 aromatic rings. The van der Waals surface area contributed by atoms with Gasteiger partial charge in [-0.3, -0.25) is 9.59 Å². The Kier molecular flexibility index (Phi) is 4.95. The van der Waals surface area contributed by atoms with Crippen LogP contribution >= 0.6 is 0 Å². The number of benzene rings is 1. The van der Waals surface area contributed by atoms with Gasteiger partial charge in [0.05, 0.1) is 18.4 Å². The average molecular weight is 324 g/mol. The zero-order valence-corrected chi connectivity index (χ0v) is 13.4. The number of nitrogens with zero attached hydrogens (tertiary/aromatic N) is 2. The van der Waals surface area contributed by atoms with Gasteiger partial charge in [0, 0.05) is 12.2 Å². The van der Waals surface area contributed by atoms with Gasteiger partial charge in [0.15, 0.2) is 6.61 Å². The van der Waals surface area contributed by atoms with Crippen molar-refractivity contribution in [3.63, 3.8) is 0 Å². The van der Waals surface area contributed by atoms with Crippen molar-refractivity contribution in [1.29, 1.82) is 5.26 Å². The number of carbonyl (C=O) groups is 2. The topological polar surface area (TPSA) is 70.4 Å². The van der Waals surface area contributed by atoms with Crippen LogP contribution < -0.4 is 4.90 Å². The zero-order chi connectivity index (χ0) is 16.9. The molecule has 0 radical (unpaired) electrons. The molecular weight excluding hydrogens is 304 g/mol. The lowest BCUT2D eigenvalue weighted by molar-refractivity contribution is -0.152. The molecule has 3 atom stereocenters. The molecule has 124 valence electrons. The summed E-state index contributed by atoms with van der Waals surface area (Å²) in [5.74, 6) is 0.0511. The number of hydrogen-bond acceptors (Lipinski definition) is 4. The Balaban J connectivity index is 1.58. The fourth-order valence-electron chi connectivity index (χ4n) is 3.54. The predicted molar refractivity (Wildman–Crippen MR) is 88.8 cm³/mol. The quantitative estimate of drug-likeness (QED) is 0.596. The van der Waals surface area contributed by atoms with Gasteiger partial charge in [0.1, 0.15) is 0 Å². The molecule has 2 aliphatic carbocycles. The number of carbonyl (C=O) groups excluding carboxylic acids is 2. The summed E-state index contributed by atoms with van der Waals surface area (Å²) >= 11 is 0. The summed E-state index contributed by atoms with van der Waals surface area (Å²) in [6.07, 6.45) is 6.33. The van der Waals surface area contributed by atoms with Crippen LogP contribution in [0.3, 0.4) is 0 Å². The van der Waals surface area contributed by atoms with E-state index in [1.807, 2.05) is 24.3 Å². The van der Waals surface area contributed by atoms with E-state index in [2.05, 4.69) is 12.2 Å². The second kappa shape index (κ2) is 7.31. The van der Waals surface area contributed by atoms with Crippen LogP contribution in [-0.4, -0.2) is 25.0 Å². The molecule has 1 saturated carbocycles. The van der Waals surface area contributed by atoms with Crippen molar-refractivity contribution < 1.29 is 14.3 Å². The molecule has 0 spiro atoms. The number of ether oxygens (including phenoxy) is 1. The van der Waals surface area contributed by atoms with Gasteiger partial charge < -0.3 is 9.64 Å². The van der Waals surface area contributed by atoms with E-state index in [9.17, 15) is 9.59 Å². The number of rotatable bonds is 6. The van der Waals surface area contributed by atoms with Gasteiger partial charge in [0.2, 0.25) is 0 Å². The van der Waals surface area contributed by atoms with Gasteiger partial charge in [0.25, 0.3) is 5.91 Å². The molecule has 1 fully saturated rings. The highest BCUT2D eigenvalue weighted by molar-refractivity contribution is 5.95. The van der Waals surface area contributed by atoms with Crippen molar-refractivity contribution in [2.75, 3.05) is 18.1 Å². The summed E-state index contributed by atoms with van der Waals surface area (Å²) in [6, 6.07) is 11.2. The third-order valence-corrected chi connectivity index (χ3v) is 4.74. The molecule has 0 saturated heterocycles. The molecule has 2 bridgehead atoms. The van der Waals surface area contributed by atoms with E-state index >= 15 is 0 Å². The fraction of sp³-hybridized carbons (Fsp3) is 0.421. The maximum absolute atomic E-state index is 12.5. The molecule has 0 aliphatic heterocycles. The standard InChI is InChI=1S/C19H20N2O3/c20-9-4-10-21(16-5-2-1-3-6-16)18(22)13-24-19(23)17-12-14-7-8-15(17)11-14/h1-3,5-8,14-15,17H,4,10-13H2/t14-,15+,17+/m1/s1. The Morgan fingerprint density at radius 1 is 1.21 bits per heavy atom. The maximum atomic E-state index is 12.5. The van der Waals surface area contributed by atoms with Crippen molar-refractivity contribution in [1.82, 2.24) is 0 Å². The molecule has 1 aromatic carbocycles. The molecule has 2 aliphatic rings. The molecule has 5 heteroatoms. The average Bonchev–Trinajstić information content (AvgIpc) is 3.24. The number of fused-ring (bicyclic) bond motifs is 2. The van der Waals surface area contributed by atoms with Gasteiger partial charge in [-0.15, -0.1) is 0 Å². The number of allylic oxidation sites excluding steroid dienone is 2. The van der Waals surface area contributed by atoms with Crippen molar-refractivity contribution >= 4 is 17.6 Å². The molecule has 5 nitrogen and oxygen atoms in total. The number of anilines is 1. The van der Waals surface area contributed by atoms with Gasteiger partial charge in [-0.2, -0.15) is 5.26 Å². The van der Waals surface area contributed by atoms with Crippen molar-refractivity contribution in [3.05, 3.63) is 42.5 Å². The van der Waals surface area contributed by atoms with E-state index in [-0.39, 0.29) is 43.3 Å². The lowest BCUT2D eigenvalue weighted by Crippen LogP contribution is -2.36. The molecular formula is C19H20N2O3. The first-order chi connectivity index (χ1) is 11.7. The number of amides is 1. The van der Waals surface area contributed by atoms with Crippen LogP contribution in [0.5, 0.6) is 0 Å². The van der Waals surface area contributed by atoms with Crippen LogP contribution in [0.25, 0.3) is 0 Å². The summed E-state index contributed by atoms with van der Waals surface area (Å²) in [7, 11) is 0. The van der Waals surface area contributed by atoms with Crippen LogP contribution in [0, 0.1) is 29.1 Å². The second-order valence-electron chi connectivity index (χ2n) is 6.28. The lowest BCUT2D eigenvalue weighted by Gasteiger charge is -2.22. The normalized spacial score (nSPS) is 23.7. The van der Waals surface area contributed by atoms with Crippen LogP contribution in [0.2, 0.25) is 0 Å². The highest BCUT2D eigenvalue weighted by Crippen LogP contribution is 2.43. The molecule has 0 heterocycles. The van der Waals surface area contributed by atoms with Crippen molar-refractivity contribution in [2.45, 2.75) is 19.3 Å². The first-order valence-corrected chi connectivity index (χ1v) is 8.26. The van der Waals surface area contributed by atoms with Crippen LogP contribution in [0.1, 0.15) is 19.3 Å². The Morgan fingerprint density at radius 3 is 2.62 bits per heavy atom. The summed E-state index contributed by atoms with van der Waals surface area (Å²) < 4.78 is 5.28. The van der Waals surface area contributed by atoms with Crippen LogP contribution in [0.15, 0.2) is 42.5 Å². The van der Waals surface area contributed by atoms with Crippen molar-refractivity contribution in [3.8, 4) is 6.07 Å². The number of hydrogen-bond donors (Lipinski definition) is 0. The number of nitriles is 1. The molecule has 0 N–H and O–H groups in total. The molecule has 1 amide bonds. The fourth-order valence-corrected chi connectivity index (χ4v) is 3.54. The molecule has 0 aromatic heterocycles. The SMILES string of the molecule is N#CCCN(C(=O)COC(=O)[C@H]1C[C@@H]2C=C[C@H]1C2)c1ccccc1. The first kappa shape index (κ1) is 16.3. The lowest BCUT2D eigenvalue weighted by atomic mass is 9.94. The minimum Gasteiger partial charge on any atom is -0.455 e. The zero-order valence-electron chi connectivity index (χ0n) is 13.4. The van der Waals surface area contributed by atoms with E-state index < -0.39 is 0 Å². The Hall–Kier alpha value is -2.61. The summed E-state index contributed by atoms with van der Waals surface area (Å²) in [5, 5.41) is 8.79. The summed E-state index contributed by atoms with van der Waals surface area (Å²) in [5.41, 5.74) is 0.705. The predicted octanol–water partition coefficient (Wildman–Crippen LogP) is 2.69. The number of para-hydroxylation sites is 1. The van der Waals surface area contributed by atoms with Gasteiger partial charge in [-0.05, 0) is 36.8 Å². The largest absolute Gasteiger partial charge is 0.455 e. The van der Waals surface area contributed by atoms with Crippen molar-refractivity contribution in [2.24, 2.45) is 17.8 Å². The highest BCUT2D eigenvalue weighted by atomic mass is 16.5. The van der Waals surface area contributed by atoms with Crippen LogP contribution in [0.4, 0.5) is 5.69 Å². The van der Waals surface area contributed by atoms with Crippen LogP contribution in [-0.2, 0) is 14.3 Å². The maximum Gasteiger partial charge on any atom is 0.310 e. The number of esters is 1. The monoisotopic (exact) mass is 324 g/mol. The van der Waals surface area contributed by atoms with Gasteiger partial charge >= 0.3 is 5.97 Å². The Labute approximate surface area is 141 Å². The third kappa shape index (κ3) is 3.48. The minimum atomic E-state index is -0.302. The van der Waals surface area contributed by atoms with E-state index in [1.165, 1.54) is 4.90 Å². The van der Waals surface area contributed by atoms with E-state index in [0.29, 0.717) is 11.6 Å². The van der Waals surface area contributed by atoms with Gasteiger partial charge in [-0.1, -0.05) is 30.4 Å². The smallest absolute Gasteiger partial charge is 0.310 e. The van der Waals surface area contributed by atoms with Gasteiger partial charge in [-0.25, -0.2) is 0 Å². The van der Waals surface area contributed by atoms with E-state index in [0.717, 1.165) is 12.8 Å². The Morgan fingerprint density at radius 2 is 2.00 bits per heavy atom. The van der Waals surface area contributed by atoms with E-state index in [1.54, 1.807) is 12.1 Å². The third-order valence-electron chi connectivity index (χ3n) is 4.74.